The molecule has 1 aliphatic carbocycles. The molecule has 1 aromatic carbocycles. The molecule has 0 radical (unpaired) electrons. The van der Waals surface area contributed by atoms with Gasteiger partial charge in [0.1, 0.15) is 0 Å². The SMILES string of the molecule is CNCC1CCN(C2CC2)C1c1cccc(COC)c1. The van der Waals surface area contributed by atoms with Crippen molar-refractivity contribution in [1.29, 1.82) is 0 Å². The molecule has 1 N–H and O–H groups in total. The third-order valence-electron chi connectivity index (χ3n) is 4.65. The highest BCUT2D eigenvalue weighted by atomic mass is 16.5. The molecule has 1 heterocycles. The van der Waals surface area contributed by atoms with Gasteiger partial charge >= 0.3 is 0 Å². The lowest BCUT2D eigenvalue weighted by atomic mass is 9.92. The largest absolute Gasteiger partial charge is 0.380 e. The van der Waals surface area contributed by atoms with Gasteiger partial charge in [-0.25, -0.2) is 0 Å². The van der Waals surface area contributed by atoms with Gasteiger partial charge in [0.25, 0.3) is 0 Å². The van der Waals surface area contributed by atoms with E-state index in [1.165, 1.54) is 36.9 Å². The topological polar surface area (TPSA) is 24.5 Å². The fourth-order valence-electron chi connectivity index (χ4n) is 3.67. The Morgan fingerprint density at radius 2 is 2.15 bits per heavy atom. The molecule has 3 heteroatoms. The Morgan fingerprint density at radius 1 is 1.30 bits per heavy atom. The lowest BCUT2D eigenvalue weighted by Crippen LogP contribution is -2.30. The van der Waals surface area contributed by atoms with Gasteiger partial charge in [-0.1, -0.05) is 24.3 Å². The zero-order valence-electron chi connectivity index (χ0n) is 12.6. The van der Waals surface area contributed by atoms with E-state index in [9.17, 15) is 0 Å². The average molecular weight is 274 g/mol. The van der Waals surface area contributed by atoms with Gasteiger partial charge in [-0.3, -0.25) is 4.90 Å². The van der Waals surface area contributed by atoms with Gasteiger partial charge in [-0.2, -0.15) is 0 Å². The summed E-state index contributed by atoms with van der Waals surface area (Å²) < 4.78 is 5.28. The smallest absolute Gasteiger partial charge is 0.0713 e. The van der Waals surface area contributed by atoms with Crippen LogP contribution in [0.3, 0.4) is 0 Å². The maximum absolute atomic E-state index is 5.28. The van der Waals surface area contributed by atoms with Crippen molar-refractivity contribution in [1.82, 2.24) is 10.2 Å². The summed E-state index contributed by atoms with van der Waals surface area (Å²) in [7, 11) is 3.83. The van der Waals surface area contributed by atoms with Crippen LogP contribution in [-0.4, -0.2) is 38.2 Å². The summed E-state index contributed by atoms with van der Waals surface area (Å²) in [6.07, 6.45) is 4.09. The van der Waals surface area contributed by atoms with Crippen molar-refractivity contribution in [2.45, 2.75) is 38.0 Å². The lowest BCUT2D eigenvalue weighted by Gasteiger charge is -2.29. The van der Waals surface area contributed by atoms with Crippen molar-refractivity contribution in [2.24, 2.45) is 5.92 Å². The van der Waals surface area contributed by atoms with Crippen LogP contribution in [0.2, 0.25) is 0 Å². The van der Waals surface area contributed by atoms with Crippen molar-refractivity contribution in [3.8, 4) is 0 Å². The monoisotopic (exact) mass is 274 g/mol. The Balaban J connectivity index is 1.84. The second-order valence-electron chi connectivity index (χ2n) is 6.20. The molecular formula is C17H26N2O. The van der Waals surface area contributed by atoms with Gasteiger partial charge in [0.05, 0.1) is 6.61 Å². The van der Waals surface area contributed by atoms with Crippen LogP contribution < -0.4 is 5.32 Å². The van der Waals surface area contributed by atoms with E-state index in [4.69, 9.17) is 4.74 Å². The molecule has 1 saturated heterocycles. The zero-order chi connectivity index (χ0) is 13.9. The second kappa shape index (κ2) is 6.25. The highest BCUT2D eigenvalue weighted by molar-refractivity contribution is 5.28. The average Bonchev–Trinajstić information content (AvgIpc) is 3.21. The molecule has 0 spiro atoms. The summed E-state index contributed by atoms with van der Waals surface area (Å²) in [6, 6.07) is 10.4. The third kappa shape index (κ3) is 2.90. The molecule has 0 bridgehead atoms. The summed E-state index contributed by atoms with van der Waals surface area (Å²) in [5.74, 6) is 0.735. The van der Waals surface area contributed by atoms with E-state index < -0.39 is 0 Å². The Hall–Kier alpha value is -0.900. The van der Waals surface area contributed by atoms with Crippen LogP contribution in [0.25, 0.3) is 0 Å². The summed E-state index contributed by atoms with van der Waals surface area (Å²) in [5.41, 5.74) is 2.76. The molecular weight excluding hydrogens is 248 g/mol. The van der Waals surface area contributed by atoms with Gasteiger partial charge in [-0.05, 0) is 56.4 Å². The van der Waals surface area contributed by atoms with Crippen molar-refractivity contribution in [2.75, 3.05) is 27.2 Å². The number of nitrogens with zero attached hydrogens (tertiary/aromatic N) is 1. The van der Waals surface area contributed by atoms with E-state index in [1.807, 2.05) is 0 Å². The van der Waals surface area contributed by atoms with E-state index in [0.717, 1.165) is 18.5 Å². The van der Waals surface area contributed by atoms with Crippen LogP contribution >= 0.6 is 0 Å². The second-order valence-corrected chi connectivity index (χ2v) is 6.20. The molecule has 2 atom stereocenters. The number of ether oxygens (including phenoxy) is 1. The number of benzene rings is 1. The lowest BCUT2D eigenvalue weighted by molar-refractivity contribution is 0.184. The number of nitrogens with one attached hydrogen (secondary N) is 1. The zero-order valence-corrected chi connectivity index (χ0v) is 12.6. The normalized spacial score (nSPS) is 27.1. The Bertz CT molecular complexity index is 444. The molecule has 0 aromatic heterocycles. The number of hydrogen-bond donors (Lipinski definition) is 1. The first kappa shape index (κ1) is 14.1. The first-order chi connectivity index (χ1) is 9.83. The Labute approximate surface area is 122 Å². The minimum Gasteiger partial charge on any atom is -0.380 e. The molecule has 20 heavy (non-hydrogen) atoms. The first-order valence-electron chi connectivity index (χ1n) is 7.81. The minimum absolute atomic E-state index is 0.590. The Kier molecular flexibility index (Phi) is 4.39. The van der Waals surface area contributed by atoms with Gasteiger partial charge in [0, 0.05) is 19.2 Å². The highest BCUT2D eigenvalue weighted by Crippen LogP contribution is 2.44. The molecule has 2 aliphatic rings. The van der Waals surface area contributed by atoms with Gasteiger partial charge < -0.3 is 10.1 Å². The number of hydrogen-bond acceptors (Lipinski definition) is 3. The van der Waals surface area contributed by atoms with E-state index in [0.29, 0.717) is 12.6 Å². The molecule has 0 amide bonds. The predicted octanol–water partition coefficient (Wildman–Crippen LogP) is 2.58. The van der Waals surface area contributed by atoms with Crippen LogP contribution in [0, 0.1) is 5.92 Å². The van der Waals surface area contributed by atoms with Crippen LogP contribution in [0.5, 0.6) is 0 Å². The van der Waals surface area contributed by atoms with Crippen LogP contribution in [0.1, 0.15) is 36.4 Å². The molecule has 3 nitrogen and oxygen atoms in total. The van der Waals surface area contributed by atoms with E-state index >= 15 is 0 Å². The molecule has 2 unspecified atom stereocenters. The molecule has 1 aromatic rings. The quantitative estimate of drug-likeness (QED) is 0.863. The van der Waals surface area contributed by atoms with E-state index in [1.54, 1.807) is 7.11 Å². The Morgan fingerprint density at radius 3 is 2.85 bits per heavy atom. The third-order valence-corrected chi connectivity index (χ3v) is 4.65. The maximum Gasteiger partial charge on any atom is 0.0713 e. The van der Waals surface area contributed by atoms with Gasteiger partial charge in [0.2, 0.25) is 0 Å². The van der Waals surface area contributed by atoms with Crippen LogP contribution in [0.15, 0.2) is 24.3 Å². The molecule has 1 aliphatic heterocycles. The highest BCUT2D eigenvalue weighted by Gasteiger charge is 2.42. The number of methoxy groups -OCH3 is 1. The van der Waals surface area contributed by atoms with Crippen molar-refractivity contribution in [3.05, 3.63) is 35.4 Å². The van der Waals surface area contributed by atoms with Crippen molar-refractivity contribution in [3.63, 3.8) is 0 Å². The molecule has 1 saturated carbocycles. The van der Waals surface area contributed by atoms with Crippen molar-refractivity contribution < 1.29 is 4.74 Å². The van der Waals surface area contributed by atoms with Crippen LogP contribution in [-0.2, 0) is 11.3 Å². The van der Waals surface area contributed by atoms with E-state index in [2.05, 4.69) is 41.5 Å². The molecule has 110 valence electrons. The van der Waals surface area contributed by atoms with Gasteiger partial charge in [-0.15, -0.1) is 0 Å². The predicted molar refractivity (Wildman–Crippen MR) is 81.7 cm³/mol. The summed E-state index contributed by atoms with van der Waals surface area (Å²) in [4.78, 5) is 2.74. The van der Waals surface area contributed by atoms with Crippen molar-refractivity contribution >= 4 is 0 Å². The fourth-order valence-corrected chi connectivity index (χ4v) is 3.67. The number of likely N-dealkylation sites (tertiary alicyclic amines) is 1. The van der Waals surface area contributed by atoms with Gasteiger partial charge in [0.15, 0.2) is 0 Å². The summed E-state index contributed by atoms with van der Waals surface area (Å²) in [5, 5.41) is 3.38. The summed E-state index contributed by atoms with van der Waals surface area (Å²) in [6.45, 7) is 3.08. The summed E-state index contributed by atoms with van der Waals surface area (Å²) >= 11 is 0. The minimum atomic E-state index is 0.590. The maximum atomic E-state index is 5.28. The van der Waals surface area contributed by atoms with E-state index in [-0.39, 0.29) is 0 Å². The number of rotatable bonds is 6. The van der Waals surface area contributed by atoms with Crippen LogP contribution in [0.4, 0.5) is 0 Å². The standard InChI is InChI=1S/C17H26N2O/c1-18-11-15-8-9-19(16-6-7-16)17(15)14-5-3-4-13(10-14)12-20-2/h3-5,10,15-18H,6-9,11-12H2,1-2H3. The first-order valence-corrected chi connectivity index (χ1v) is 7.81. The molecule has 3 rings (SSSR count). The fraction of sp³-hybridized carbons (Fsp3) is 0.647. The molecule has 2 fully saturated rings.